The standard InChI is InChI=1S/C12H15N3O4S/c1-9-3-4-10(11(7-9)20(14,17)18)19-8-12(16)15-6-2-5-13/h3-4,7H,2,6,8H2,1H3,(H,15,16)(H2,14,17,18). The van der Waals surface area contributed by atoms with Crippen LogP contribution in [0.4, 0.5) is 0 Å². The van der Waals surface area contributed by atoms with Crippen LogP contribution in [0.25, 0.3) is 0 Å². The van der Waals surface area contributed by atoms with Gasteiger partial charge in [0.05, 0.1) is 12.5 Å². The predicted octanol–water partition coefficient (Wildman–Crippen LogP) is 0.0511. The topological polar surface area (TPSA) is 122 Å². The first kappa shape index (κ1) is 15.9. The van der Waals surface area contributed by atoms with Crippen LogP contribution in [0.15, 0.2) is 23.1 Å². The van der Waals surface area contributed by atoms with Gasteiger partial charge in [-0.1, -0.05) is 6.07 Å². The van der Waals surface area contributed by atoms with Crippen molar-refractivity contribution in [3.8, 4) is 11.8 Å². The monoisotopic (exact) mass is 297 g/mol. The van der Waals surface area contributed by atoms with Gasteiger partial charge < -0.3 is 10.1 Å². The van der Waals surface area contributed by atoms with Crippen LogP contribution in [0, 0.1) is 18.3 Å². The molecule has 1 amide bonds. The van der Waals surface area contributed by atoms with Gasteiger partial charge in [-0.3, -0.25) is 4.79 Å². The third-order valence-corrected chi connectivity index (χ3v) is 3.26. The Morgan fingerprint density at radius 3 is 2.80 bits per heavy atom. The van der Waals surface area contributed by atoms with Crippen molar-refractivity contribution in [1.29, 1.82) is 5.26 Å². The second-order valence-electron chi connectivity index (χ2n) is 4.04. The van der Waals surface area contributed by atoms with E-state index in [4.69, 9.17) is 15.1 Å². The zero-order valence-corrected chi connectivity index (χ0v) is 11.7. The first-order chi connectivity index (χ1) is 9.34. The number of sulfonamides is 1. The van der Waals surface area contributed by atoms with E-state index < -0.39 is 15.9 Å². The molecule has 0 atom stereocenters. The van der Waals surface area contributed by atoms with E-state index in [1.165, 1.54) is 12.1 Å². The van der Waals surface area contributed by atoms with Crippen molar-refractivity contribution < 1.29 is 17.9 Å². The minimum atomic E-state index is -3.92. The van der Waals surface area contributed by atoms with Gasteiger partial charge in [-0.15, -0.1) is 0 Å². The Hall–Kier alpha value is -2.11. The Balaban J connectivity index is 2.74. The quantitative estimate of drug-likeness (QED) is 0.718. The molecule has 0 fully saturated rings. The summed E-state index contributed by atoms with van der Waals surface area (Å²) in [7, 11) is -3.92. The van der Waals surface area contributed by atoms with Gasteiger partial charge in [0.25, 0.3) is 5.91 Å². The lowest BCUT2D eigenvalue weighted by molar-refractivity contribution is -0.123. The highest BCUT2D eigenvalue weighted by Crippen LogP contribution is 2.23. The smallest absolute Gasteiger partial charge is 0.257 e. The summed E-state index contributed by atoms with van der Waals surface area (Å²) < 4.78 is 28.0. The van der Waals surface area contributed by atoms with E-state index in [0.29, 0.717) is 5.56 Å². The molecule has 0 spiro atoms. The summed E-state index contributed by atoms with van der Waals surface area (Å²) in [5.74, 6) is -0.422. The number of primary sulfonamides is 1. The summed E-state index contributed by atoms with van der Waals surface area (Å²) in [4.78, 5) is 11.2. The lowest BCUT2D eigenvalue weighted by atomic mass is 10.2. The molecule has 0 saturated carbocycles. The Kier molecular flexibility index (Phi) is 5.49. The largest absolute Gasteiger partial charge is 0.482 e. The number of benzene rings is 1. The fraction of sp³-hybridized carbons (Fsp3) is 0.333. The number of nitrogens with zero attached hydrogens (tertiary/aromatic N) is 1. The molecule has 0 aromatic heterocycles. The first-order valence-corrected chi connectivity index (χ1v) is 7.29. The van der Waals surface area contributed by atoms with Crippen molar-refractivity contribution in [2.45, 2.75) is 18.2 Å². The first-order valence-electron chi connectivity index (χ1n) is 5.74. The second-order valence-corrected chi connectivity index (χ2v) is 5.57. The molecule has 0 aliphatic heterocycles. The number of carbonyl (C=O) groups excluding carboxylic acids is 1. The molecule has 1 rings (SSSR count). The van der Waals surface area contributed by atoms with Crippen molar-refractivity contribution in [2.75, 3.05) is 13.2 Å². The number of hydrogen-bond acceptors (Lipinski definition) is 5. The van der Waals surface area contributed by atoms with Crippen LogP contribution in [0.5, 0.6) is 5.75 Å². The molecular weight excluding hydrogens is 282 g/mol. The van der Waals surface area contributed by atoms with Crippen molar-refractivity contribution >= 4 is 15.9 Å². The van der Waals surface area contributed by atoms with Gasteiger partial charge >= 0.3 is 0 Å². The highest BCUT2D eigenvalue weighted by Gasteiger charge is 2.16. The molecule has 0 radical (unpaired) electrons. The van der Waals surface area contributed by atoms with E-state index in [1.54, 1.807) is 13.0 Å². The predicted molar refractivity (Wildman–Crippen MR) is 71.3 cm³/mol. The zero-order valence-electron chi connectivity index (χ0n) is 10.9. The minimum absolute atomic E-state index is 0.0218. The Morgan fingerprint density at radius 1 is 1.50 bits per heavy atom. The van der Waals surface area contributed by atoms with E-state index >= 15 is 0 Å². The van der Waals surface area contributed by atoms with Crippen LogP contribution in [-0.4, -0.2) is 27.5 Å². The van der Waals surface area contributed by atoms with Gasteiger partial charge in [-0.25, -0.2) is 13.6 Å². The summed E-state index contributed by atoms with van der Waals surface area (Å²) >= 11 is 0. The molecule has 0 saturated heterocycles. The average molecular weight is 297 g/mol. The lowest BCUT2D eigenvalue weighted by Gasteiger charge is -2.10. The summed E-state index contributed by atoms with van der Waals surface area (Å²) in [6, 6.07) is 6.35. The van der Waals surface area contributed by atoms with Gasteiger partial charge in [0.1, 0.15) is 10.6 Å². The molecule has 0 unspecified atom stereocenters. The molecule has 1 aromatic carbocycles. The molecule has 3 N–H and O–H groups in total. The van der Waals surface area contributed by atoms with Gasteiger partial charge in [-0.05, 0) is 24.6 Å². The summed E-state index contributed by atoms with van der Waals surface area (Å²) in [5.41, 5.74) is 0.708. The molecule has 108 valence electrons. The maximum atomic E-state index is 11.4. The number of nitriles is 1. The SMILES string of the molecule is Cc1ccc(OCC(=O)NCCC#N)c(S(N)(=O)=O)c1. The number of nitrogens with two attached hydrogens (primary N) is 1. The van der Waals surface area contributed by atoms with Crippen molar-refractivity contribution in [3.63, 3.8) is 0 Å². The van der Waals surface area contributed by atoms with Crippen molar-refractivity contribution in [1.82, 2.24) is 5.32 Å². The number of nitrogens with one attached hydrogen (secondary N) is 1. The van der Waals surface area contributed by atoms with Crippen LogP contribution in [0.2, 0.25) is 0 Å². The zero-order chi connectivity index (χ0) is 15.2. The third kappa shape index (κ3) is 4.87. The van der Waals surface area contributed by atoms with E-state index in [-0.39, 0.29) is 30.2 Å². The number of amides is 1. The summed E-state index contributed by atoms with van der Waals surface area (Å²) in [6.45, 7) is 1.58. The van der Waals surface area contributed by atoms with Crippen LogP contribution >= 0.6 is 0 Å². The molecule has 0 bridgehead atoms. The number of carbonyl (C=O) groups is 1. The fourth-order valence-corrected chi connectivity index (χ4v) is 2.17. The van der Waals surface area contributed by atoms with Crippen LogP contribution in [0.1, 0.15) is 12.0 Å². The Labute approximate surface area is 117 Å². The van der Waals surface area contributed by atoms with Gasteiger partial charge in [0.15, 0.2) is 6.61 Å². The number of hydrogen-bond donors (Lipinski definition) is 2. The normalized spacial score (nSPS) is 10.7. The maximum absolute atomic E-state index is 11.4. The second kappa shape index (κ2) is 6.88. The fourth-order valence-electron chi connectivity index (χ4n) is 1.41. The summed E-state index contributed by atoms with van der Waals surface area (Å²) in [6.07, 6.45) is 0.193. The van der Waals surface area contributed by atoms with E-state index in [1.807, 2.05) is 6.07 Å². The van der Waals surface area contributed by atoms with Crippen LogP contribution < -0.4 is 15.2 Å². The molecule has 20 heavy (non-hydrogen) atoms. The molecule has 7 nitrogen and oxygen atoms in total. The van der Waals surface area contributed by atoms with E-state index in [0.717, 1.165) is 0 Å². The molecular formula is C12H15N3O4S. The molecule has 0 aliphatic carbocycles. The highest BCUT2D eigenvalue weighted by molar-refractivity contribution is 7.89. The Morgan fingerprint density at radius 2 is 2.20 bits per heavy atom. The molecule has 8 heteroatoms. The lowest BCUT2D eigenvalue weighted by Crippen LogP contribution is -2.29. The van der Waals surface area contributed by atoms with Gasteiger partial charge in [0, 0.05) is 6.54 Å². The van der Waals surface area contributed by atoms with Crippen molar-refractivity contribution in [3.05, 3.63) is 23.8 Å². The van der Waals surface area contributed by atoms with Crippen molar-refractivity contribution in [2.24, 2.45) is 5.14 Å². The van der Waals surface area contributed by atoms with Gasteiger partial charge in [0.2, 0.25) is 10.0 Å². The van der Waals surface area contributed by atoms with Crippen LogP contribution in [0.3, 0.4) is 0 Å². The van der Waals surface area contributed by atoms with E-state index in [2.05, 4.69) is 5.32 Å². The molecule has 0 heterocycles. The minimum Gasteiger partial charge on any atom is -0.482 e. The third-order valence-electron chi connectivity index (χ3n) is 2.32. The highest BCUT2D eigenvalue weighted by atomic mass is 32.2. The molecule has 0 aliphatic rings. The maximum Gasteiger partial charge on any atom is 0.257 e. The summed E-state index contributed by atoms with van der Waals surface area (Å²) in [5, 5.41) is 15.9. The Bertz CT molecular complexity index is 635. The average Bonchev–Trinajstić information content (AvgIpc) is 2.36. The molecule has 1 aromatic rings. The van der Waals surface area contributed by atoms with E-state index in [9.17, 15) is 13.2 Å². The number of aryl methyl sites for hydroxylation is 1. The number of rotatable bonds is 6. The number of ether oxygens (including phenoxy) is 1. The van der Waals surface area contributed by atoms with Gasteiger partial charge in [-0.2, -0.15) is 5.26 Å². The van der Waals surface area contributed by atoms with Crippen LogP contribution in [-0.2, 0) is 14.8 Å².